The summed E-state index contributed by atoms with van der Waals surface area (Å²) in [6, 6.07) is 6.55. The predicted octanol–water partition coefficient (Wildman–Crippen LogP) is 4.64. The van der Waals surface area contributed by atoms with Crippen LogP contribution in [0.2, 0.25) is 0 Å². The molecule has 0 saturated carbocycles. The summed E-state index contributed by atoms with van der Waals surface area (Å²) in [6.07, 6.45) is 4.81. The van der Waals surface area contributed by atoms with Crippen LogP contribution in [0.25, 0.3) is 0 Å². The van der Waals surface area contributed by atoms with Gasteiger partial charge >= 0.3 is 0 Å². The maximum absolute atomic E-state index is 12.4. The third-order valence-corrected chi connectivity index (χ3v) is 3.71. The predicted molar refractivity (Wildman–Crippen MR) is 80.0 cm³/mol. The highest BCUT2D eigenvalue weighted by Gasteiger charge is 2.05. The van der Waals surface area contributed by atoms with Gasteiger partial charge < -0.3 is 5.32 Å². The first-order chi connectivity index (χ1) is 9.24. The Morgan fingerprint density at radius 1 is 1.05 bits per heavy atom. The van der Waals surface area contributed by atoms with Gasteiger partial charge in [-0.15, -0.1) is 0 Å². The van der Waals surface area contributed by atoms with Gasteiger partial charge in [0, 0.05) is 12.1 Å². The van der Waals surface area contributed by atoms with E-state index < -0.39 is 6.43 Å². The number of halogens is 2. The number of unbranched alkanes of at least 4 members (excludes halogenated alkanes) is 3. The standard InChI is InChI=1S/C15H23F2NS/c1-19-11-5-3-2-4-10-18-12-13-6-8-14(9-7-13)15(16)17/h6-9,15,18H,2-5,10-12H2,1H3. The molecule has 108 valence electrons. The Labute approximate surface area is 119 Å². The van der Waals surface area contributed by atoms with Gasteiger partial charge in [-0.05, 0) is 37.0 Å². The molecule has 1 N–H and O–H groups in total. The summed E-state index contributed by atoms with van der Waals surface area (Å²) in [7, 11) is 0. The maximum Gasteiger partial charge on any atom is 0.263 e. The highest BCUT2D eigenvalue weighted by atomic mass is 32.2. The molecular formula is C15H23F2NS. The number of benzene rings is 1. The molecule has 0 heterocycles. The molecule has 1 nitrogen and oxygen atoms in total. The van der Waals surface area contributed by atoms with E-state index in [0.717, 1.165) is 18.7 Å². The van der Waals surface area contributed by atoms with Gasteiger partial charge in [-0.25, -0.2) is 8.78 Å². The monoisotopic (exact) mass is 287 g/mol. The lowest BCUT2D eigenvalue weighted by molar-refractivity contribution is 0.151. The van der Waals surface area contributed by atoms with E-state index in [1.165, 1.54) is 43.6 Å². The molecule has 0 spiro atoms. The molecular weight excluding hydrogens is 264 g/mol. The minimum Gasteiger partial charge on any atom is -0.313 e. The van der Waals surface area contributed by atoms with Crippen LogP contribution in [0, 0.1) is 0 Å². The summed E-state index contributed by atoms with van der Waals surface area (Å²) >= 11 is 1.90. The quantitative estimate of drug-likeness (QED) is 0.629. The molecule has 0 atom stereocenters. The second-order valence-corrected chi connectivity index (χ2v) is 5.61. The third-order valence-electron chi connectivity index (χ3n) is 3.01. The van der Waals surface area contributed by atoms with E-state index >= 15 is 0 Å². The van der Waals surface area contributed by atoms with Gasteiger partial charge in [-0.3, -0.25) is 0 Å². The van der Waals surface area contributed by atoms with Gasteiger partial charge in [0.15, 0.2) is 0 Å². The first kappa shape index (κ1) is 16.4. The molecule has 0 aliphatic carbocycles. The summed E-state index contributed by atoms with van der Waals surface area (Å²) < 4.78 is 24.7. The molecule has 1 rings (SSSR count). The number of hydrogen-bond donors (Lipinski definition) is 1. The summed E-state index contributed by atoms with van der Waals surface area (Å²) in [6.45, 7) is 1.75. The second-order valence-electron chi connectivity index (χ2n) is 4.63. The fourth-order valence-electron chi connectivity index (χ4n) is 1.86. The van der Waals surface area contributed by atoms with Crippen molar-refractivity contribution in [3.8, 4) is 0 Å². The van der Waals surface area contributed by atoms with Crippen molar-refractivity contribution in [3.05, 3.63) is 35.4 Å². The number of thioether (sulfide) groups is 1. The smallest absolute Gasteiger partial charge is 0.263 e. The molecule has 0 saturated heterocycles. The van der Waals surface area contributed by atoms with Crippen LogP contribution in [0.15, 0.2) is 24.3 Å². The highest BCUT2D eigenvalue weighted by molar-refractivity contribution is 7.98. The summed E-state index contributed by atoms with van der Waals surface area (Å²) in [4.78, 5) is 0. The zero-order chi connectivity index (χ0) is 13.9. The van der Waals surface area contributed by atoms with Gasteiger partial charge in [-0.1, -0.05) is 37.1 Å². The molecule has 4 heteroatoms. The molecule has 0 radical (unpaired) electrons. The molecule has 0 bridgehead atoms. The van der Waals surface area contributed by atoms with Crippen molar-refractivity contribution in [3.63, 3.8) is 0 Å². The van der Waals surface area contributed by atoms with Crippen molar-refractivity contribution in [2.45, 2.75) is 38.7 Å². The van der Waals surface area contributed by atoms with Crippen LogP contribution in [-0.2, 0) is 6.54 Å². The average molecular weight is 287 g/mol. The van der Waals surface area contributed by atoms with Crippen LogP contribution in [-0.4, -0.2) is 18.6 Å². The summed E-state index contributed by atoms with van der Waals surface area (Å²) in [5.41, 5.74) is 1.16. The Hall–Kier alpha value is -0.610. The molecule has 0 aromatic heterocycles. The number of alkyl halides is 2. The average Bonchev–Trinajstić information content (AvgIpc) is 2.42. The van der Waals surface area contributed by atoms with E-state index in [2.05, 4.69) is 11.6 Å². The van der Waals surface area contributed by atoms with Crippen LogP contribution in [0.3, 0.4) is 0 Å². The van der Waals surface area contributed by atoms with Crippen LogP contribution >= 0.6 is 11.8 Å². The highest BCUT2D eigenvalue weighted by Crippen LogP contribution is 2.18. The van der Waals surface area contributed by atoms with E-state index in [9.17, 15) is 8.78 Å². The number of nitrogens with one attached hydrogen (secondary N) is 1. The van der Waals surface area contributed by atoms with E-state index in [4.69, 9.17) is 0 Å². The number of rotatable bonds is 10. The Kier molecular flexibility index (Phi) is 8.84. The van der Waals surface area contributed by atoms with E-state index in [-0.39, 0.29) is 5.56 Å². The van der Waals surface area contributed by atoms with Gasteiger partial charge in [0.05, 0.1) is 0 Å². The fraction of sp³-hybridized carbons (Fsp3) is 0.600. The Balaban J connectivity index is 2.06. The zero-order valence-electron chi connectivity index (χ0n) is 11.5. The second kappa shape index (κ2) is 10.2. The molecule has 0 unspecified atom stereocenters. The summed E-state index contributed by atoms with van der Waals surface area (Å²) in [5, 5.41) is 3.35. The maximum atomic E-state index is 12.4. The molecule has 0 amide bonds. The Morgan fingerprint density at radius 2 is 1.74 bits per heavy atom. The Bertz CT molecular complexity index is 327. The van der Waals surface area contributed by atoms with Crippen molar-refractivity contribution in [2.24, 2.45) is 0 Å². The lowest BCUT2D eigenvalue weighted by Gasteiger charge is -2.06. The van der Waals surface area contributed by atoms with Gasteiger partial charge in [0.25, 0.3) is 6.43 Å². The third kappa shape index (κ3) is 7.53. The van der Waals surface area contributed by atoms with Crippen LogP contribution in [0.5, 0.6) is 0 Å². The van der Waals surface area contributed by atoms with Gasteiger partial charge in [0.1, 0.15) is 0 Å². The molecule has 1 aromatic carbocycles. The molecule has 19 heavy (non-hydrogen) atoms. The van der Waals surface area contributed by atoms with Crippen molar-refractivity contribution in [1.29, 1.82) is 0 Å². The topological polar surface area (TPSA) is 12.0 Å². The molecule has 1 aromatic rings. The summed E-state index contributed by atoms with van der Waals surface area (Å²) in [5.74, 6) is 1.25. The molecule has 0 aliphatic heterocycles. The lowest BCUT2D eigenvalue weighted by Crippen LogP contribution is -2.14. The fourth-order valence-corrected chi connectivity index (χ4v) is 2.36. The van der Waals surface area contributed by atoms with Crippen molar-refractivity contribution < 1.29 is 8.78 Å². The molecule has 0 fully saturated rings. The van der Waals surface area contributed by atoms with Crippen LogP contribution < -0.4 is 5.32 Å². The van der Waals surface area contributed by atoms with E-state index in [0.29, 0.717) is 0 Å². The lowest BCUT2D eigenvalue weighted by atomic mass is 10.1. The van der Waals surface area contributed by atoms with Crippen molar-refractivity contribution in [1.82, 2.24) is 5.32 Å². The van der Waals surface area contributed by atoms with Gasteiger partial charge in [-0.2, -0.15) is 11.8 Å². The van der Waals surface area contributed by atoms with Crippen molar-refractivity contribution >= 4 is 11.8 Å². The zero-order valence-corrected chi connectivity index (χ0v) is 12.3. The van der Waals surface area contributed by atoms with Crippen LogP contribution in [0.4, 0.5) is 8.78 Å². The minimum absolute atomic E-state index is 0.0949. The normalized spacial score (nSPS) is 11.2. The number of hydrogen-bond acceptors (Lipinski definition) is 2. The largest absolute Gasteiger partial charge is 0.313 e. The van der Waals surface area contributed by atoms with Crippen LogP contribution in [0.1, 0.15) is 43.2 Å². The van der Waals surface area contributed by atoms with Gasteiger partial charge in [0.2, 0.25) is 0 Å². The SMILES string of the molecule is CSCCCCCCNCc1ccc(C(F)F)cc1. The first-order valence-electron chi connectivity index (χ1n) is 6.80. The minimum atomic E-state index is -2.37. The van der Waals surface area contributed by atoms with E-state index in [1.807, 2.05) is 11.8 Å². The molecule has 0 aliphatic rings. The Morgan fingerprint density at radius 3 is 2.37 bits per heavy atom. The van der Waals surface area contributed by atoms with E-state index in [1.54, 1.807) is 12.1 Å². The van der Waals surface area contributed by atoms with Crippen molar-refractivity contribution in [2.75, 3.05) is 18.6 Å². The first-order valence-corrected chi connectivity index (χ1v) is 8.20.